The summed E-state index contributed by atoms with van der Waals surface area (Å²) in [7, 11) is 1.69. The van der Waals surface area contributed by atoms with Crippen LogP contribution in [0.2, 0.25) is 0 Å². The zero-order chi connectivity index (χ0) is 40.7. The first-order valence-electron chi connectivity index (χ1n) is 23.9. The van der Waals surface area contributed by atoms with Gasteiger partial charge >= 0.3 is 18.0 Å². The molecule has 0 spiro atoms. The maximum Gasteiger partial charge on any atom is 0.409 e. The zero-order valence-corrected chi connectivity index (χ0v) is 37.0. The summed E-state index contributed by atoms with van der Waals surface area (Å²) in [6.07, 6.45) is 37.6. The topological polar surface area (TPSA) is 85.4 Å². The van der Waals surface area contributed by atoms with Crippen LogP contribution in [-0.4, -0.2) is 86.5 Å². The minimum absolute atomic E-state index is 0.000879. The molecule has 1 rings (SSSR count). The Morgan fingerprint density at radius 1 is 0.536 bits per heavy atom. The van der Waals surface area contributed by atoms with Gasteiger partial charge in [0.15, 0.2) is 6.10 Å². The number of amides is 1. The number of halogens is 1. The quantitative estimate of drug-likeness (QED) is 0.0346. The fraction of sp³-hybridized carbons (Fsp3) is 0.936. The van der Waals surface area contributed by atoms with Crippen molar-refractivity contribution in [3.63, 3.8) is 0 Å². The molecule has 0 saturated carbocycles. The molecular weight excluding hydrogens is 708 g/mol. The number of ether oxygens (including phenoxy) is 3. The van der Waals surface area contributed by atoms with Crippen LogP contribution >= 0.6 is 0 Å². The van der Waals surface area contributed by atoms with Crippen molar-refractivity contribution in [3.8, 4) is 0 Å². The predicted octanol–water partition coefficient (Wildman–Crippen LogP) is 13.1. The molecule has 1 unspecified atom stereocenters. The van der Waals surface area contributed by atoms with E-state index in [1.807, 2.05) is 0 Å². The molecule has 8 nitrogen and oxygen atoms in total. The van der Waals surface area contributed by atoms with Gasteiger partial charge in [-0.15, -0.1) is 0 Å². The van der Waals surface area contributed by atoms with Gasteiger partial charge in [-0.1, -0.05) is 194 Å². The SMILES string of the molecule is CCCCCCCCCCCCCCCCCC(=O)OCC(COC(=O)N(C)C1CN(CCCF)C1)OC(=O)CCCCCCCCCCCCCCCCC. The smallest absolute Gasteiger partial charge is 0.409 e. The average molecular weight is 797 g/mol. The molecule has 0 aromatic heterocycles. The van der Waals surface area contributed by atoms with Crippen LogP contribution in [-0.2, 0) is 23.8 Å². The number of hydrogen-bond donors (Lipinski definition) is 0. The van der Waals surface area contributed by atoms with Gasteiger partial charge in [0, 0.05) is 39.5 Å². The number of likely N-dealkylation sites (N-methyl/N-ethyl adjacent to an activating group) is 1. The summed E-state index contributed by atoms with van der Waals surface area (Å²) in [5.41, 5.74) is 0. The van der Waals surface area contributed by atoms with Crippen LogP contribution in [0.25, 0.3) is 0 Å². The van der Waals surface area contributed by atoms with E-state index >= 15 is 0 Å². The second kappa shape index (κ2) is 38.6. The van der Waals surface area contributed by atoms with Crippen LogP contribution in [0.1, 0.15) is 226 Å². The third-order valence-corrected chi connectivity index (χ3v) is 11.5. The summed E-state index contributed by atoms with van der Waals surface area (Å²) in [6.45, 7) is 5.93. The number of alkyl halides is 1. The van der Waals surface area contributed by atoms with E-state index in [9.17, 15) is 18.8 Å². The third-order valence-electron chi connectivity index (χ3n) is 11.5. The van der Waals surface area contributed by atoms with Gasteiger partial charge in [0.05, 0.1) is 12.7 Å². The van der Waals surface area contributed by atoms with Crippen LogP contribution in [0, 0.1) is 0 Å². The predicted molar refractivity (Wildman–Crippen MR) is 230 cm³/mol. The molecule has 0 radical (unpaired) electrons. The Bertz CT molecular complexity index is 917. The molecule has 9 heteroatoms. The number of rotatable bonds is 41. The summed E-state index contributed by atoms with van der Waals surface area (Å²) in [4.78, 5) is 41.8. The Labute approximate surface area is 344 Å². The molecule has 1 aliphatic heterocycles. The summed E-state index contributed by atoms with van der Waals surface area (Å²) in [5.74, 6) is -0.663. The molecule has 1 amide bonds. The van der Waals surface area contributed by atoms with E-state index < -0.39 is 12.2 Å². The van der Waals surface area contributed by atoms with Gasteiger partial charge in [-0.25, -0.2) is 4.79 Å². The molecule has 0 N–H and O–H groups in total. The maximum atomic E-state index is 12.8. The van der Waals surface area contributed by atoms with Gasteiger partial charge < -0.3 is 19.1 Å². The molecule has 0 aromatic carbocycles. The molecule has 1 fully saturated rings. The summed E-state index contributed by atoms with van der Waals surface area (Å²) in [5, 5.41) is 0. The number of likely N-dealkylation sites (tertiary alicyclic amines) is 1. The molecule has 330 valence electrons. The van der Waals surface area contributed by atoms with Crippen molar-refractivity contribution in [3.05, 3.63) is 0 Å². The lowest BCUT2D eigenvalue weighted by Gasteiger charge is -2.43. The van der Waals surface area contributed by atoms with E-state index in [1.54, 1.807) is 11.9 Å². The van der Waals surface area contributed by atoms with E-state index in [1.165, 1.54) is 154 Å². The third kappa shape index (κ3) is 31.1. The molecule has 1 atom stereocenters. The van der Waals surface area contributed by atoms with Gasteiger partial charge in [0.1, 0.15) is 13.2 Å². The van der Waals surface area contributed by atoms with Crippen molar-refractivity contribution in [2.24, 2.45) is 0 Å². The molecular formula is C47H89FN2O6. The van der Waals surface area contributed by atoms with Crippen molar-refractivity contribution in [2.75, 3.05) is 46.6 Å². The van der Waals surface area contributed by atoms with E-state index in [2.05, 4.69) is 18.7 Å². The van der Waals surface area contributed by atoms with Gasteiger partial charge in [-0.05, 0) is 19.3 Å². The number of carbonyl (C=O) groups excluding carboxylic acids is 3. The Morgan fingerprint density at radius 3 is 1.29 bits per heavy atom. The van der Waals surface area contributed by atoms with E-state index in [-0.39, 0.29) is 37.9 Å². The van der Waals surface area contributed by atoms with Gasteiger partial charge in [-0.2, -0.15) is 0 Å². The second-order valence-electron chi connectivity index (χ2n) is 16.8. The first kappa shape index (κ1) is 52.1. The Kier molecular flexibility index (Phi) is 35.9. The monoisotopic (exact) mass is 797 g/mol. The first-order valence-corrected chi connectivity index (χ1v) is 23.9. The Morgan fingerprint density at radius 2 is 0.893 bits per heavy atom. The largest absolute Gasteiger partial charge is 0.462 e. The standard InChI is InChI=1S/C47H89FN2O6/c1-4-6-8-10-12-14-16-18-20-22-24-26-28-30-32-35-45(51)54-41-44(42-55-47(53)49(3)43-39-50(40-43)38-34-37-48)56-46(52)36-33-31-29-27-25-23-21-19-17-15-13-11-9-7-5-2/h43-44H,4-42H2,1-3H3. The normalized spacial score (nSPS) is 13.7. The van der Waals surface area contributed by atoms with Gasteiger partial charge in [0.25, 0.3) is 0 Å². The molecule has 0 aliphatic carbocycles. The summed E-state index contributed by atoms with van der Waals surface area (Å²) < 4.78 is 29.3. The summed E-state index contributed by atoms with van der Waals surface area (Å²) in [6, 6.07) is 0.000879. The van der Waals surface area contributed by atoms with Crippen LogP contribution in [0.15, 0.2) is 0 Å². The first-order chi connectivity index (χ1) is 27.4. The lowest BCUT2D eigenvalue weighted by Crippen LogP contribution is -2.59. The fourth-order valence-electron chi connectivity index (χ4n) is 7.57. The van der Waals surface area contributed by atoms with E-state index in [0.29, 0.717) is 38.9 Å². The molecule has 56 heavy (non-hydrogen) atoms. The minimum Gasteiger partial charge on any atom is -0.462 e. The van der Waals surface area contributed by atoms with Crippen molar-refractivity contribution in [2.45, 2.75) is 238 Å². The van der Waals surface area contributed by atoms with Crippen molar-refractivity contribution in [1.29, 1.82) is 0 Å². The van der Waals surface area contributed by atoms with Crippen molar-refractivity contribution < 1.29 is 33.0 Å². The lowest BCUT2D eigenvalue weighted by molar-refractivity contribution is -0.161. The molecule has 0 bridgehead atoms. The van der Waals surface area contributed by atoms with Gasteiger partial charge in [0.2, 0.25) is 0 Å². The van der Waals surface area contributed by atoms with Crippen LogP contribution in [0.5, 0.6) is 0 Å². The molecule has 0 aromatic rings. The highest BCUT2D eigenvalue weighted by atomic mass is 19.1. The molecule has 1 heterocycles. The number of esters is 2. The minimum atomic E-state index is -0.844. The van der Waals surface area contributed by atoms with E-state index in [0.717, 1.165) is 38.5 Å². The number of carbonyl (C=O) groups is 3. The van der Waals surface area contributed by atoms with Crippen molar-refractivity contribution in [1.82, 2.24) is 9.80 Å². The van der Waals surface area contributed by atoms with Crippen LogP contribution < -0.4 is 0 Å². The Hall–Kier alpha value is -1.90. The highest BCUT2D eigenvalue weighted by molar-refractivity contribution is 5.70. The highest BCUT2D eigenvalue weighted by Crippen LogP contribution is 2.18. The number of nitrogens with zero attached hydrogens (tertiary/aromatic N) is 2. The lowest BCUT2D eigenvalue weighted by atomic mass is 10.0. The van der Waals surface area contributed by atoms with E-state index in [4.69, 9.17) is 14.2 Å². The zero-order valence-electron chi connectivity index (χ0n) is 37.0. The molecule has 1 saturated heterocycles. The summed E-state index contributed by atoms with van der Waals surface area (Å²) >= 11 is 0. The molecule has 1 aliphatic rings. The highest BCUT2D eigenvalue weighted by Gasteiger charge is 2.33. The fourth-order valence-corrected chi connectivity index (χ4v) is 7.57. The number of hydrogen-bond acceptors (Lipinski definition) is 7. The number of unbranched alkanes of at least 4 members (excludes halogenated alkanes) is 28. The average Bonchev–Trinajstić information content (AvgIpc) is 3.18. The van der Waals surface area contributed by atoms with Crippen LogP contribution in [0.3, 0.4) is 0 Å². The Balaban J connectivity index is 2.27. The second-order valence-corrected chi connectivity index (χ2v) is 16.8. The maximum absolute atomic E-state index is 12.8. The van der Waals surface area contributed by atoms with Gasteiger partial charge in [-0.3, -0.25) is 18.9 Å². The van der Waals surface area contributed by atoms with Crippen LogP contribution in [0.4, 0.5) is 9.18 Å². The van der Waals surface area contributed by atoms with Crippen molar-refractivity contribution >= 4 is 18.0 Å².